The van der Waals surface area contributed by atoms with Crippen LogP contribution in [0.4, 0.5) is 13.2 Å². The molecule has 0 bridgehead atoms. The van der Waals surface area contributed by atoms with Crippen molar-refractivity contribution >= 4 is 12.0 Å². The number of halogens is 3. The maximum atomic E-state index is 13.0. The van der Waals surface area contributed by atoms with Gasteiger partial charge in [0.2, 0.25) is 0 Å². The molecule has 1 aromatic carbocycles. The number of pyridine rings is 1. The summed E-state index contributed by atoms with van der Waals surface area (Å²) in [7, 11) is 0. The summed E-state index contributed by atoms with van der Waals surface area (Å²) in [6, 6.07) is 8.79. The van der Waals surface area contributed by atoms with E-state index >= 15 is 0 Å². The van der Waals surface area contributed by atoms with Gasteiger partial charge in [0.15, 0.2) is 0 Å². The van der Waals surface area contributed by atoms with E-state index in [-0.39, 0.29) is 30.0 Å². The van der Waals surface area contributed by atoms with Crippen LogP contribution in [-0.2, 0) is 15.7 Å². The first-order chi connectivity index (χ1) is 16.2. The summed E-state index contributed by atoms with van der Waals surface area (Å²) in [5.41, 5.74) is 1.12. The molecule has 5 atom stereocenters. The van der Waals surface area contributed by atoms with E-state index < -0.39 is 11.7 Å². The van der Waals surface area contributed by atoms with Gasteiger partial charge in [-0.25, -0.2) is 0 Å². The fourth-order valence-corrected chi connectivity index (χ4v) is 5.34. The second kappa shape index (κ2) is 10.3. The van der Waals surface area contributed by atoms with Crippen molar-refractivity contribution in [3.63, 3.8) is 0 Å². The Bertz CT molecular complexity index is 1020. The second-order valence-corrected chi connectivity index (χ2v) is 9.54. The summed E-state index contributed by atoms with van der Waals surface area (Å²) >= 11 is 0. The average Bonchev–Trinajstić information content (AvgIpc) is 2.85. The minimum absolute atomic E-state index is 0.178. The number of cyclic esters (lactones) is 1. The molecule has 1 aromatic heterocycles. The van der Waals surface area contributed by atoms with Gasteiger partial charge in [0.1, 0.15) is 0 Å². The smallest absolute Gasteiger partial charge is 0.416 e. The molecule has 182 valence electrons. The maximum Gasteiger partial charge on any atom is 0.416 e. The monoisotopic (exact) mass is 473 g/mol. The van der Waals surface area contributed by atoms with E-state index in [1.54, 1.807) is 24.4 Å². The molecule has 34 heavy (non-hydrogen) atoms. The molecule has 1 saturated heterocycles. The average molecular weight is 474 g/mol. The maximum absolute atomic E-state index is 13.0. The van der Waals surface area contributed by atoms with Gasteiger partial charge in [-0.1, -0.05) is 24.3 Å². The standard InChI is InChI=1S/C27H30F3NO3/c1-17-13-19(25-11-10-24(32)15-20(25)7-12-26(33)34-17)5-8-23-9-6-21(16-31-23)18-3-2-4-22(14-18)27(28,29)30/h2-6,8-9,14,16-17,19-20,24-25,32H,7,10-13,15H2,1H3/b8-5+/t17-,19?,20-,24+,25?/m1/s1. The summed E-state index contributed by atoms with van der Waals surface area (Å²) < 4.78 is 44.6. The number of hydrogen-bond acceptors (Lipinski definition) is 4. The summed E-state index contributed by atoms with van der Waals surface area (Å²) in [4.78, 5) is 16.5. The van der Waals surface area contributed by atoms with Crippen LogP contribution in [0, 0.1) is 17.8 Å². The molecule has 1 saturated carbocycles. The van der Waals surface area contributed by atoms with Crippen LogP contribution in [0.3, 0.4) is 0 Å². The Morgan fingerprint density at radius 3 is 2.65 bits per heavy atom. The Hall–Kier alpha value is -2.67. The van der Waals surface area contributed by atoms with E-state index in [2.05, 4.69) is 11.1 Å². The highest BCUT2D eigenvalue weighted by molar-refractivity contribution is 5.69. The summed E-state index contributed by atoms with van der Waals surface area (Å²) in [6.07, 6.45) is 4.95. The van der Waals surface area contributed by atoms with E-state index in [4.69, 9.17) is 4.74 Å². The van der Waals surface area contributed by atoms with Crippen molar-refractivity contribution in [2.24, 2.45) is 17.8 Å². The van der Waals surface area contributed by atoms with Crippen molar-refractivity contribution in [3.8, 4) is 11.1 Å². The fraction of sp³-hybridized carbons (Fsp3) is 0.481. The van der Waals surface area contributed by atoms with Gasteiger partial charge in [-0.2, -0.15) is 13.2 Å². The summed E-state index contributed by atoms with van der Waals surface area (Å²) in [5, 5.41) is 10.2. The van der Waals surface area contributed by atoms with Gasteiger partial charge < -0.3 is 9.84 Å². The molecule has 0 spiro atoms. The van der Waals surface area contributed by atoms with Gasteiger partial charge in [-0.05, 0) is 86.6 Å². The minimum Gasteiger partial charge on any atom is -0.463 e. The zero-order valence-corrected chi connectivity index (χ0v) is 19.2. The minimum atomic E-state index is -4.39. The normalized spacial score (nSPS) is 28.5. The van der Waals surface area contributed by atoms with Crippen molar-refractivity contribution in [1.82, 2.24) is 4.98 Å². The van der Waals surface area contributed by atoms with Gasteiger partial charge in [-0.3, -0.25) is 9.78 Å². The third-order valence-electron chi connectivity index (χ3n) is 7.04. The van der Waals surface area contributed by atoms with Crippen molar-refractivity contribution in [1.29, 1.82) is 0 Å². The topological polar surface area (TPSA) is 59.4 Å². The fourth-order valence-electron chi connectivity index (χ4n) is 5.34. The van der Waals surface area contributed by atoms with Crippen molar-refractivity contribution in [3.05, 3.63) is 59.9 Å². The molecule has 7 heteroatoms. The zero-order chi connectivity index (χ0) is 24.3. The predicted octanol–water partition coefficient (Wildman–Crippen LogP) is 6.29. The number of aliphatic hydroxyl groups is 1. The molecule has 1 N–H and O–H groups in total. The van der Waals surface area contributed by atoms with E-state index in [0.717, 1.165) is 31.4 Å². The number of rotatable bonds is 3. The highest BCUT2D eigenvalue weighted by atomic mass is 19.4. The Morgan fingerprint density at radius 2 is 1.91 bits per heavy atom. The number of nitrogens with zero attached hydrogens (tertiary/aromatic N) is 1. The Labute approximate surface area is 197 Å². The number of carbonyl (C=O) groups is 1. The van der Waals surface area contributed by atoms with Crippen LogP contribution in [0.1, 0.15) is 56.7 Å². The molecule has 1 aliphatic heterocycles. The second-order valence-electron chi connectivity index (χ2n) is 9.54. The van der Waals surface area contributed by atoms with Crippen LogP contribution in [0.15, 0.2) is 48.7 Å². The Kier molecular flexibility index (Phi) is 7.41. The largest absolute Gasteiger partial charge is 0.463 e. The van der Waals surface area contributed by atoms with E-state index in [9.17, 15) is 23.1 Å². The molecule has 4 nitrogen and oxygen atoms in total. The van der Waals surface area contributed by atoms with Gasteiger partial charge in [0.25, 0.3) is 0 Å². The van der Waals surface area contributed by atoms with Crippen LogP contribution in [-0.4, -0.2) is 28.3 Å². The number of allylic oxidation sites excluding steroid dienone is 1. The summed E-state index contributed by atoms with van der Waals surface area (Å²) in [5.74, 6) is 0.639. The van der Waals surface area contributed by atoms with Crippen LogP contribution in [0.5, 0.6) is 0 Å². The van der Waals surface area contributed by atoms with Crippen molar-refractivity contribution in [2.75, 3.05) is 0 Å². The number of esters is 1. The molecule has 1 aliphatic carbocycles. The zero-order valence-electron chi connectivity index (χ0n) is 19.2. The van der Waals surface area contributed by atoms with E-state index in [1.807, 2.05) is 13.0 Å². The van der Waals surface area contributed by atoms with E-state index in [0.29, 0.717) is 42.0 Å². The molecular weight excluding hydrogens is 443 g/mol. The molecule has 0 radical (unpaired) electrons. The van der Waals surface area contributed by atoms with Crippen LogP contribution in [0.2, 0.25) is 0 Å². The molecular formula is C27H30F3NO3. The molecule has 0 amide bonds. The lowest BCUT2D eigenvalue weighted by Gasteiger charge is -2.38. The third kappa shape index (κ3) is 6.06. The number of benzene rings is 1. The molecule has 2 aromatic rings. The number of aromatic nitrogens is 1. The molecule has 2 heterocycles. The number of fused-ring (bicyclic) bond motifs is 1. The van der Waals surface area contributed by atoms with Gasteiger partial charge in [0.05, 0.1) is 23.5 Å². The van der Waals surface area contributed by atoms with Gasteiger partial charge in [-0.15, -0.1) is 0 Å². The van der Waals surface area contributed by atoms with Crippen LogP contribution in [0.25, 0.3) is 17.2 Å². The van der Waals surface area contributed by atoms with Gasteiger partial charge >= 0.3 is 12.1 Å². The highest BCUT2D eigenvalue weighted by Crippen LogP contribution is 2.41. The van der Waals surface area contributed by atoms with Crippen molar-refractivity contribution in [2.45, 2.75) is 63.8 Å². The molecule has 2 unspecified atom stereocenters. The lowest BCUT2D eigenvalue weighted by molar-refractivity contribution is -0.148. The third-order valence-corrected chi connectivity index (χ3v) is 7.04. The lowest BCUT2D eigenvalue weighted by Crippen LogP contribution is -2.32. The Balaban J connectivity index is 1.52. The first kappa shape index (κ1) is 24.5. The number of ether oxygens (including phenoxy) is 1. The first-order valence-electron chi connectivity index (χ1n) is 11.9. The van der Waals surface area contributed by atoms with Crippen LogP contribution >= 0.6 is 0 Å². The SMILES string of the molecule is C[C@@H]1CC(/C=C/c2ccc(-c3cccc(C(F)(F)F)c3)cn2)C2CC[C@H](O)C[C@H]2CCC(=O)O1. The molecule has 2 fully saturated rings. The lowest BCUT2D eigenvalue weighted by atomic mass is 9.68. The highest BCUT2D eigenvalue weighted by Gasteiger charge is 2.36. The summed E-state index contributed by atoms with van der Waals surface area (Å²) in [6.45, 7) is 1.92. The van der Waals surface area contributed by atoms with E-state index in [1.165, 1.54) is 6.07 Å². The van der Waals surface area contributed by atoms with Crippen LogP contribution < -0.4 is 0 Å². The predicted molar refractivity (Wildman–Crippen MR) is 123 cm³/mol. The number of hydrogen-bond donors (Lipinski definition) is 1. The molecule has 4 rings (SSSR count). The first-order valence-corrected chi connectivity index (χ1v) is 11.9. The Morgan fingerprint density at radius 1 is 1.09 bits per heavy atom. The number of carbonyl (C=O) groups excluding carboxylic acids is 1. The quantitative estimate of drug-likeness (QED) is 0.533. The van der Waals surface area contributed by atoms with Crippen molar-refractivity contribution < 1.29 is 27.8 Å². The number of alkyl halides is 3. The molecule has 2 aliphatic rings. The number of aliphatic hydroxyl groups excluding tert-OH is 1. The van der Waals surface area contributed by atoms with Gasteiger partial charge in [0, 0.05) is 18.2 Å².